The molecule has 4 nitrogen and oxygen atoms in total. The van der Waals surface area contributed by atoms with Crippen molar-refractivity contribution >= 4 is 23.1 Å². The molecule has 1 N–H and O–H groups in total. The molecule has 0 bridgehead atoms. The Balaban J connectivity index is 2.08. The summed E-state index contributed by atoms with van der Waals surface area (Å²) in [7, 11) is 0. The first-order valence-electron chi connectivity index (χ1n) is 7.60. The average Bonchev–Trinajstić information content (AvgIpc) is 2.73. The molecular formula is C17H19FN2O2. The number of rotatable bonds is 3. The van der Waals surface area contributed by atoms with Crippen LogP contribution in [0.3, 0.4) is 0 Å². The topological polar surface area (TPSA) is 54.4 Å². The quantitative estimate of drug-likeness (QED) is 0.884. The number of hydrogen-bond donors (Lipinski definition) is 1. The predicted octanol–water partition coefficient (Wildman–Crippen LogP) is 3.36. The van der Waals surface area contributed by atoms with Crippen LogP contribution in [0.5, 0.6) is 0 Å². The number of fused-ring (bicyclic) bond motifs is 3. The third-order valence-electron chi connectivity index (χ3n) is 3.90. The molecule has 5 heteroatoms. The first-order chi connectivity index (χ1) is 10.6. The second-order valence-corrected chi connectivity index (χ2v) is 5.70. The Morgan fingerprint density at radius 3 is 3.09 bits per heavy atom. The van der Waals surface area contributed by atoms with Gasteiger partial charge < -0.3 is 9.72 Å². The zero-order valence-corrected chi connectivity index (χ0v) is 12.7. The Bertz CT molecular complexity index is 736. The number of nitrogens with one attached hydrogen (secondary N) is 1. The van der Waals surface area contributed by atoms with Crippen LogP contribution in [0.25, 0.3) is 10.9 Å². The van der Waals surface area contributed by atoms with Gasteiger partial charge in [0.25, 0.3) is 0 Å². The van der Waals surface area contributed by atoms with Gasteiger partial charge in [-0.1, -0.05) is 6.92 Å². The maximum Gasteiger partial charge on any atom is 0.320 e. The normalized spacial score (nSPS) is 20.7. The molecule has 0 fully saturated rings. The van der Waals surface area contributed by atoms with Crippen LogP contribution in [0.4, 0.5) is 4.39 Å². The van der Waals surface area contributed by atoms with Crippen molar-refractivity contribution in [3.8, 4) is 0 Å². The average molecular weight is 302 g/mol. The van der Waals surface area contributed by atoms with Crippen molar-refractivity contribution in [1.82, 2.24) is 4.98 Å². The monoisotopic (exact) mass is 302 g/mol. The van der Waals surface area contributed by atoms with Crippen LogP contribution < -0.4 is 0 Å². The number of nitrogens with zero attached hydrogens (tertiary/aromatic N) is 1. The van der Waals surface area contributed by atoms with Crippen molar-refractivity contribution in [2.45, 2.75) is 38.6 Å². The summed E-state index contributed by atoms with van der Waals surface area (Å²) in [5.74, 6) is -1.16. The summed E-state index contributed by atoms with van der Waals surface area (Å²) in [6, 6.07) is 4.73. The zero-order chi connectivity index (χ0) is 15.7. The molecule has 0 aliphatic carbocycles. The minimum Gasteiger partial charge on any atom is -0.465 e. The van der Waals surface area contributed by atoms with E-state index in [1.165, 1.54) is 12.1 Å². The van der Waals surface area contributed by atoms with E-state index in [9.17, 15) is 9.18 Å². The smallest absolute Gasteiger partial charge is 0.320 e. The van der Waals surface area contributed by atoms with E-state index in [1.54, 1.807) is 12.3 Å². The van der Waals surface area contributed by atoms with E-state index >= 15 is 0 Å². The van der Waals surface area contributed by atoms with Gasteiger partial charge in [-0.15, -0.1) is 0 Å². The second kappa shape index (κ2) is 5.91. The van der Waals surface area contributed by atoms with Crippen molar-refractivity contribution in [2.75, 3.05) is 6.61 Å². The van der Waals surface area contributed by atoms with Crippen molar-refractivity contribution in [2.24, 2.45) is 4.99 Å². The first kappa shape index (κ1) is 14.8. The highest BCUT2D eigenvalue weighted by molar-refractivity contribution is 5.99. The lowest BCUT2D eigenvalue weighted by Gasteiger charge is -2.10. The van der Waals surface area contributed by atoms with Gasteiger partial charge in [0.15, 0.2) is 0 Å². The molecule has 1 aromatic heterocycles. The number of carbonyl (C=O) groups is 1. The van der Waals surface area contributed by atoms with E-state index in [-0.39, 0.29) is 17.8 Å². The van der Waals surface area contributed by atoms with Gasteiger partial charge in [0, 0.05) is 22.8 Å². The lowest BCUT2D eigenvalue weighted by atomic mass is 9.98. The summed E-state index contributed by atoms with van der Waals surface area (Å²) in [6.07, 6.45) is 3.14. The van der Waals surface area contributed by atoms with Crippen LogP contribution in [0.1, 0.15) is 37.4 Å². The third-order valence-corrected chi connectivity index (χ3v) is 3.90. The number of carbonyl (C=O) groups excluding carboxylic acids is 1. The number of benzene rings is 1. The highest BCUT2D eigenvalue weighted by Crippen LogP contribution is 2.32. The predicted molar refractivity (Wildman–Crippen MR) is 83.9 cm³/mol. The number of H-pyrrole nitrogens is 1. The molecule has 1 aromatic carbocycles. The number of aliphatic imine (C=N–C) groups is 1. The van der Waals surface area contributed by atoms with Crippen LogP contribution in [-0.4, -0.2) is 29.8 Å². The van der Waals surface area contributed by atoms with Gasteiger partial charge >= 0.3 is 5.97 Å². The van der Waals surface area contributed by atoms with Crippen LogP contribution in [0.2, 0.25) is 0 Å². The maximum atomic E-state index is 13.4. The Kier molecular flexibility index (Phi) is 3.96. The minimum atomic E-state index is -0.554. The van der Waals surface area contributed by atoms with E-state index in [0.717, 1.165) is 29.5 Å². The number of esters is 1. The molecule has 2 heterocycles. The van der Waals surface area contributed by atoms with Crippen molar-refractivity contribution in [3.05, 3.63) is 35.3 Å². The summed E-state index contributed by atoms with van der Waals surface area (Å²) < 4.78 is 18.7. The SMILES string of the molecule is CCCOC(=O)C1C=NC(C)Cc2c1[nH]c1cc(F)ccc21. The van der Waals surface area contributed by atoms with E-state index in [4.69, 9.17) is 4.74 Å². The van der Waals surface area contributed by atoms with Crippen molar-refractivity contribution in [3.63, 3.8) is 0 Å². The van der Waals surface area contributed by atoms with Gasteiger partial charge in [0.05, 0.1) is 12.6 Å². The molecule has 22 heavy (non-hydrogen) atoms. The molecule has 2 unspecified atom stereocenters. The summed E-state index contributed by atoms with van der Waals surface area (Å²) >= 11 is 0. The zero-order valence-electron chi connectivity index (χ0n) is 12.7. The van der Waals surface area contributed by atoms with Crippen molar-refractivity contribution < 1.29 is 13.9 Å². The summed E-state index contributed by atoms with van der Waals surface area (Å²) in [5.41, 5.74) is 2.51. The van der Waals surface area contributed by atoms with Gasteiger partial charge in [-0.05, 0) is 43.5 Å². The Morgan fingerprint density at radius 2 is 2.32 bits per heavy atom. The number of ether oxygens (including phenoxy) is 1. The number of aromatic nitrogens is 1. The Hall–Kier alpha value is -2.17. The number of halogens is 1. The van der Waals surface area contributed by atoms with Crippen LogP contribution in [0, 0.1) is 5.82 Å². The minimum absolute atomic E-state index is 0.0757. The molecule has 1 aliphatic heterocycles. The number of aromatic amines is 1. The first-order valence-corrected chi connectivity index (χ1v) is 7.60. The van der Waals surface area contributed by atoms with E-state index < -0.39 is 5.92 Å². The Morgan fingerprint density at radius 1 is 1.50 bits per heavy atom. The molecular weight excluding hydrogens is 283 g/mol. The van der Waals surface area contributed by atoms with E-state index in [0.29, 0.717) is 12.1 Å². The van der Waals surface area contributed by atoms with Gasteiger partial charge in [-0.2, -0.15) is 0 Å². The molecule has 2 aromatic rings. The molecule has 0 radical (unpaired) electrons. The molecule has 0 spiro atoms. The highest BCUT2D eigenvalue weighted by atomic mass is 19.1. The fraction of sp³-hybridized carbons (Fsp3) is 0.412. The van der Waals surface area contributed by atoms with Crippen LogP contribution >= 0.6 is 0 Å². The van der Waals surface area contributed by atoms with Gasteiger partial charge in [0.1, 0.15) is 11.7 Å². The molecule has 3 rings (SSSR count). The standard InChI is InChI=1S/C17H19FN2O2/c1-3-6-22-17(21)14-9-19-10(2)7-13-12-5-4-11(18)8-15(12)20-16(13)14/h4-5,8-10,14,20H,3,6-7H2,1-2H3. The maximum absolute atomic E-state index is 13.4. The van der Waals surface area contributed by atoms with Gasteiger partial charge in [-0.25, -0.2) is 4.39 Å². The molecule has 116 valence electrons. The fourth-order valence-electron chi connectivity index (χ4n) is 2.86. The fourth-order valence-corrected chi connectivity index (χ4v) is 2.86. The molecule has 0 amide bonds. The largest absolute Gasteiger partial charge is 0.465 e. The van der Waals surface area contributed by atoms with Crippen molar-refractivity contribution in [1.29, 1.82) is 0 Å². The lowest BCUT2D eigenvalue weighted by molar-refractivity contribution is -0.143. The lowest BCUT2D eigenvalue weighted by Crippen LogP contribution is -2.18. The summed E-state index contributed by atoms with van der Waals surface area (Å²) in [6.45, 7) is 4.35. The molecule has 1 aliphatic rings. The summed E-state index contributed by atoms with van der Waals surface area (Å²) in [5, 5.41) is 0.946. The molecule has 2 atom stereocenters. The molecule has 0 saturated carbocycles. The highest BCUT2D eigenvalue weighted by Gasteiger charge is 2.29. The third kappa shape index (κ3) is 2.63. The molecule has 0 saturated heterocycles. The second-order valence-electron chi connectivity index (χ2n) is 5.70. The van der Waals surface area contributed by atoms with E-state index in [1.807, 2.05) is 13.8 Å². The van der Waals surface area contributed by atoms with Crippen LogP contribution in [-0.2, 0) is 16.0 Å². The summed E-state index contributed by atoms with van der Waals surface area (Å²) in [4.78, 5) is 19.9. The van der Waals surface area contributed by atoms with Gasteiger partial charge in [0.2, 0.25) is 0 Å². The number of hydrogen-bond acceptors (Lipinski definition) is 3. The van der Waals surface area contributed by atoms with Gasteiger partial charge in [-0.3, -0.25) is 9.79 Å². The van der Waals surface area contributed by atoms with Crippen LogP contribution in [0.15, 0.2) is 23.2 Å². The Labute approximate surface area is 128 Å². The van der Waals surface area contributed by atoms with E-state index in [2.05, 4.69) is 9.98 Å².